The lowest BCUT2D eigenvalue weighted by atomic mass is 10.0. The van der Waals surface area contributed by atoms with Crippen LogP contribution in [0.2, 0.25) is 0 Å². The molecule has 4 heterocycles. The fraction of sp³-hybridized carbons (Fsp3) is 0.133. The van der Waals surface area contributed by atoms with E-state index in [0.717, 1.165) is 90.5 Å². The van der Waals surface area contributed by atoms with Crippen LogP contribution < -0.4 is 5.32 Å². The van der Waals surface area contributed by atoms with Crippen molar-refractivity contribution in [2.75, 3.05) is 0 Å². The molecule has 0 fully saturated rings. The summed E-state index contributed by atoms with van der Waals surface area (Å²) in [5, 5.41) is 12.8. The SMILES string of the molecule is C=C/C(=C\C(=C/C)c1ccc2[nH]nc(-c3cc4c(-c5ccc(F)s5)nccc4[nH]3)c2c1)NC(=C)CCC. The van der Waals surface area contributed by atoms with Gasteiger partial charge in [0.15, 0.2) is 5.13 Å². The van der Waals surface area contributed by atoms with Gasteiger partial charge in [0.2, 0.25) is 0 Å². The molecule has 7 heteroatoms. The molecule has 0 radical (unpaired) electrons. The van der Waals surface area contributed by atoms with Gasteiger partial charge in [-0.15, -0.1) is 11.3 Å². The molecule has 5 nitrogen and oxygen atoms in total. The molecule has 37 heavy (non-hydrogen) atoms. The fourth-order valence-electron chi connectivity index (χ4n) is 4.43. The third-order valence-corrected chi connectivity index (χ3v) is 7.10. The average molecular weight is 510 g/mol. The molecule has 0 aliphatic heterocycles. The third-order valence-electron chi connectivity index (χ3n) is 6.22. The van der Waals surface area contributed by atoms with E-state index in [2.05, 4.69) is 69.8 Å². The second kappa shape index (κ2) is 10.4. The molecular formula is C30H28FN5S. The largest absolute Gasteiger partial charge is 0.359 e. The summed E-state index contributed by atoms with van der Waals surface area (Å²) in [4.78, 5) is 8.79. The lowest BCUT2D eigenvalue weighted by molar-refractivity contribution is 0.657. The van der Waals surface area contributed by atoms with E-state index < -0.39 is 0 Å². The van der Waals surface area contributed by atoms with Crippen molar-refractivity contribution >= 4 is 38.7 Å². The van der Waals surface area contributed by atoms with Crippen molar-refractivity contribution in [1.82, 2.24) is 25.5 Å². The molecule has 0 unspecified atom stereocenters. The summed E-state index contributed by atoms with van der Waals surface area (Å²) in [6, 6.07) is 13.5. The average Bonchev–Trinajstić information content (AvgIpc) is 3.63. The van der Waals surface area contributed by atoms with Crippen LogP contribution in [0.3, 0.4) is 0 Å². The quantitative estimate of drug-likeness (QED) is 0.175. The number of benzene rings is 1. The first-order chi connectivity index (χ1) is 18.0. The molecule has 1 aromatic carbocycles. The maximum absolute atomic E-state index is 13.7. The molecule has 0 saturated carbocycles. The van der Waals surface area contributed by atoms with Crippen LogP contribution in [0.4, 0.5) is 4.39 Å². The van der Waals surface area contributed by atoms with Crippen molar-refractivity contribution in [2.45, 2.75) is 26.7 Å². The summed E-state index contributed by atoms with van der Waals surface area (Å²) >= 11 is 1.09. The lowest BCUT2D eigenvalue weighted by Crippen LogP contribution is -2.10. The van der Waals surface area contributed by atoms with E-state index in [9.17, 15) is 4.39 Å². The Labute approximate surface area is 219 Å². The zero-order valence-electron chi connectivity index (χ0n) is 20.9. The topological polar surface area (TPSA) is 69.4 Å². The molecule has 3 N–H and O–H groups in total. The number of nitrogens with zero attached hydrogens (tertiary/aromatic N) is 2. The van der Waals surface area contributed by atoms with E-state index in [-0.39, 0.29) is 5.13 Å². The van der Waals surface area contributed by atoms with Gasteiger partial charge in [0.1, 0.15) is 5.69 Å². The summed E-state index contributed by atoms with van der Waals surface area (Å²) in [6.45, 7) is 12.2. The number of thiophene rings is 1. The number of halogens is 1. The number of H-pyrrole nitrogens is 2. The van der Waals surface area contributed by atoms with E-state index in [1.165, 1.54) is 6.07 Å². The number of pyridine rings is 1. The molecular weight excluding hydrogens is 481 g/mol. The smallest absolute Gasteiger partial charge is 0.177 e. The van der Waals surface area contributed by atoms with Crippen LogP contribution in [0.25, 0.3) is 49.3 Å². The minimum atomic E-state index is -0.228. The van der Waals surface area contributed by atoms with E-state index >= 15 is 0 Å². The van der Waals surface area contributed by atoms with Gasteiger partial charge in [0.05, 0.1) is 21.8 Å². The highest BCUT2D eigenvalue weighted by Crippen LogP contribution is 2.35. The summed E-state index contributed by atoms with van der Waals surface area (Å²) in [6.07, 6.45) is 9.64. The zero-order valence-corrected chi connectivity index (χ0v) is 21.7. The third kappa shape index (κ3) is 4.90. The molecule has 0 aliphatic carbocycles. The number of nitrogens with one attached hydrogen (secondary N) is 3. The van der Waals surface area contributed by atoms with Crippen LogP contribution in [-0.4, -0.2) is 20.2 Å². The molecule has 0 atom stereocenters. The number of hydrogen-bond donors (Lipinski definition) is 3. The predicted octanol–water partition coefficient (Wildman–Crippen LogP) is 8.35. The molecule has 0 amide bonds. The van der Waals surface area contributed by atoms with Crippen LogP contribution in [-0.2, 0) is 0 Å². The number of fused-ring (bicyclic) bond motifs is 2. The van der Waals surface area contributed by atoms with Gasteiger partial charge in [-0.2, -0.15) is 9.49 Å². The van der Waals surface area contributed by atoms with Crippen LogP contribution >= 0.6 is 11.3 Å². The first kappa shape index (κ1) is 24.5. The van der Waals surface area contributed by atoms with Gasteiger partial charge >= 0.3 is 0 Å². The summed E-state index contributed by atoms with van der Waals surface area (Å²) < 4.78 is 13.7. The predicted molar refractivity (Wildman–Crippen MR) is 154 cm³/mol. The maximum Gasteiger partial charge on any atom is 0.177 e. The molecule has 186 valence electrons. The van der Waals surface area contributed by atoms with Crippen LogP contribution in [0.5, 0.6) is 0 Å². The molecule has 0 bridgehead atoms. The minimum Gasteiger partial charge on any atom is -0.359 e. The van der Waals surface area contributed by atoms with Crippen molar-refractivity contribution in [3.63, 3.8) is 0 Å². The lowest BCUT2D eigenvalue weighted by Gasteiger charge is -2.11. The second-order valence-electron chi connectivity index (χ2n) is 8.77. The van der Waals surface area contributed by atoms with Crippen molar-refractivity contribution in [3.8, 4) is 22.0 Å². The highest BCUT2D eigenvalue weighted by atomic mass is 32.1. The minimum absolute atomic E-state index is 0.228. The van der Waals surface area contributed by atoms with Gasteiger partial charge in [0, 0.05) is 33.9 Å². The Morgan fingerprint density at radius 2 is 1.95 bits per heavy atom. The Bertz CT molecular complexity index is 1680. The number of hydrogen-bond acceptors (Lipinski definition) is 4. The first-order valence-electron chi connectivity index (χ1n) is 12.2. The molecule has 4 aromatic heterocycles. The Hall–Kier alpha value is -4.23. The maximum atomic E-state index is 13.7. The zero-order chi connectivity index (χ0) is 25.9. The van der Waals surface area contributed by atoms with Crippen molar-refractivity contribution in [3.05, 3.63) is 102 Å². The summed E-state index contributed by atoms with van der Waals surface area (Å²) in [5.41, 5.74) is 8.29. The van der Waals surface area contributed by atoms with Gasteiger partial charge in [-0.1, -0.05) is 38.6 Å². The van der Waals surface area contributed by atoms with Gasteiger partial charge < -0.3 is 10.3 Å². The van der Waals surface area contributed by atoms with Crippen molar-refractivity contribution < 1.29 is 4.39 Å². The van der Waals surface area contributed by atoms with Crippen molar-refractivity contribution in [1.29, 1.82) is 0 Å². The normalized spacial score (nSPS) is 12.4. The van der Waals surface area contributed by atoms with E-state index in [4.69, 9.17) is 0 Å². The molecule has 5 aromatic rings. The van der Waals surface area contributed by atoms with Crippen LogP contribution in [0.1, 0.15) is 32.3 Å². The number of rotatable bonds is 9. The Balaban J connectivity index is 1.54. The van der Waals surface area contributed by atoms with Crippen molar-refractivity contribution in [2.24, 2.45) is 0 Å². The highest BCUT2D eigenvalue weighted by Gasteiger charge is 2.16. The standard InChI is InChI=1S/C30H28FN5S/c1-5-8-18(4)33-21(7-3)15-19(6-2)20-9-10-25-22(16-20)29(36-35-25)26-17-23-24(34-26)13-14-32-30(23)27-11-12-28(31)37-27/h6-7,9-17,33-34H,3-5,8H2,1-2H3,(H,35,36)/b19-6+,21-15+. The molecule has 0 spiro atoms. The van der Waals surface area contributed by atoms with E-state index in [1.807, 2.05) is 31.2 Å². The number of allylic oxidation sites excluding steroid dienone is 5. The van der Waals surface area contributed by atoms with E-state index in [1.54, 1.807) is 12.3 Å². The number of aromatic nitrogens is 4. The Kier molecular flexibility index (Phi) is 6.88. The van der Waals surface area contributed by atoms with Crippen LogP contribution in [0, 0.1) is 5.13 Å². The molecule has 0 saturated heterocycles. The monoisotopic (exact) mass is 509 g/mol. The fourth-order valence-corrected chi connectivity index (χ4v) is 5.18. The second-order valence-corrected chi connectivity index (χ2v) is 9.80. The summed E-state index contributed by atoms with van der Waals surface area (Å²) in [5.74, 6) is 0. The van der Waals surface area contributed by atoms with Gasteiger partial charge in [-0.25, -0.2) is 0 Å². The Morgan fingerprint density at radius 1 is 1.11 bits per heavy atom. The molecule has 0 aliphatic rings. The molecule has 5 rings (SSSR count). The summed E-state index contributed by atoms with van der Waals surface area (Å²) in [7, 11) is 0. The Morgan fingerprint density at radius 3 is 2.68 bits per heavy atom. The van der Waals surface area contributed by atoms with E-state index in [0.29, 0.717) is 0 Å². The highest BCUT2D eigenvalue weighted by molar-refractivity contribution is 7.13. The van der Waals surface area contributed by atoms with Gasteiger partial charge in [-0.3, -0.25) is 10.1 Å². The van der Waals surface area contributed by atoms with Gasteiger partial charge in [0.25, 0.3) is 0 Å². The van der Waals surface area contributed by atoms with Gasteiger partial charge in [-0.05, 0) is 73.0 Å². The van der Waals surface area contributed by atoms with Crippen LogP contribution in [0.15, 0.2) is 91.4 Å². The first-order valence-corrected chi connectivity index (χ1v) is 13.0. The number of aromatic amines is 2.